The monoisotopic (exact) mass is 245 g/mol. The minimum atomic E-state index is -0.395. The van der Waals surface area contributed by atoms with Crippen LogP contribution in [-0.4, -0.2) is 22.4 Å². The Morgan fingerprint density at radius 3 is 2.89 bits per heavy atom. The lowest BCUT2D eigenvalue weighted by Gasteiger charge is -2.11. The van der Waals surface area contributed by atoms with E-state index in [1.165, 1.54) is 0 Å². The van der Waals surface area contributed by atoms with Gasteiger partial charge < -0.3 is 10.5 Å². The average Bonchev–Trinajstić information content (AvgIpc) is 2.75. The van der Waals surface area contributed by atoms with Crippen LogP contribution in [-0.2, 0) is 4.74 Å². The van der Waals surface area contributed by atoms with Crippen LogP contribution in [0.15, 0.2) is 30.6 Å². The van der Waals surface area contributed by atoms with Gasteiger partial charge in [0.2, 0.25) is 0 Å². The molecular formula is C13H15N3O2. The number of ether oxygens (including phenoxy) is 1. The maximum Gasteiger partial charge on any atom is 0.340 e. The summed E-state index contributed by atoms with van der Waals surface area (Å²) in [5.74, 6) is -0.395. The maximum atomic E-state index is 11.9. The van der Waals surface area contributed by atoms with Crippen molar-refractivity contribution in [2.45, 2.75) is 13.8 Å². The van der Waals surface area contributed by atoms with E-state index in [0.717, 1.165) is 5.56 Å². The van der Waals surface area contributed by atoms with Crippen molar-refractivity contribution >= 4 is 11.7 Å². The number of benzene rings is 1. The summed E-state index contributed by atoms with van der Waals surface area (Å²) in [5, 5.41) is 4.18. The second kappa shape index (κ2) is 4.91. The number of nitrogen functional groups attached to an aromatic ring is 1. The van der Waals surface area contributed by atoms with Crippen LogP contribution in [0.4, 0.5) is 5.69 Å². The van der Waals surface area contributed by atoms with Crippen molar-refractivity contribution in [3.63, 3.8) is 0 Å². The minimum absolute atomic E-state index is 0.325. The number of rotatable bonds is 3. The molecule has 5 heteroatoms. The van der Waals surface area contributed by atoms with Crippen LogP contribution in [0.5, 0.6) is 0 Å². The third-order valence-corrected chi connectivity index (χ3v) is 2.50. The van der Waals surface area contributed by atoms with Gasteiger partial charge in [0.15, 0.2) is 0 Å². The normalized spacial score (nSPS) is 10.3. The summed E-state index contributed by atoms with van der Waals surface area (Å²) in [6.07, 6.45) is 3.52. The zero-order valence-electron chi connectivity index (χ0n) is 10.4. The lowest BCUT2D eigenvalue weighted by atomic mass is 10.1. The summed E-state index contributed by atoms with van der Waals surface area (Å²) in [5.41, 5.74) is 8.39. The Hall–Kier alpha value is -2.30. The van der Waals surface area contributed by atoms with Gasteiger partial charge in [-0.2, -0.15) is 5.10 Å². The number of nitrogens with two attached hydrogens (primary N) is 1. The van der Waals surface area contributed by atoms with Crippen molar-refractivity contribution in [3.8, 4) is 5.69 Å². The number of hydrogen-bond donors (Lipinski definition) is 1. The Bertz CT molecular complexity index is 575. The molecule has 2 aromatic rings. The van der Waals surface area contributed by atoms with E-state index in [0.29, 0.717) is 23.5 Å². The van der Waals surface area contributed by atoms with E-state index in [2.05, 4.69) is 5.10 Å². The molecule has 0 aliphatic carbocycles. The summed E-state index contributed by atoms with van der Waals surface area (Å²) < 4.78 is 6.61. The fourth-order valence-electron chi connectivity index (χ4n) is 1.73. The van der Waals surface area contributed by atoms with Crippen molar-refractivity contribution < 1.29 is 9.53 Å². The first-order valence-electron chi connectivity index (χ1n) is 5.70. The molecule has 0 bridgehead atoms. The fourth-order valence-corrected chi connectivity index (χ4v) is 1.73. The van der Waals surface area contributed by atoms with Crippen LogP contribution in [0.2, 0.25) is 0 Å². The second-order valence-electron chi connectivity index (χ2n) is 3.93. The molecule has 1 aromatic heterocycles. The first-order chi connectivity index (χ1) is 8.63. The van der Waals surface area contributed by atoms with Gasteiger partial charge in [-0.1, -0.05) is 6.07 Å². The van der Waals surface area contributed by atoms with E-state index in [1.807, 2.05) is 13.1 Å². The zero-order valence-corrected chi connectivity index (χ0v) is 10.4. The van der Waals surface area contributed by atoms with Crippen molar-refractivity contribution in [2.24, 2.45) is 0 Å². The van der Waals surface area contributed by atoms with E-state index >= 15 is 0 Å². The molecule has 1 aromatic carbocycles. The smallest absolute Gasteiger partial charge is 0.340 e. The van der Waals surface area contributed by atoms with Crippen molar-refractivity contribution in [2.75, 3.05) is 12.3 Å². The Balaban J connectivity index is 2.54. The highest BCUT2D eigenvalue weighted by Crippen LogP contribution is 2.22. The highest BCUT2D eigenvalue weighted by molar-refractivity contribution is 5.95. The van der Waals surface area contributed by atoms with E-state index in [4.69, 9.17) is 10.5 Å². The molecule has 2 N–H and O–H groups in total. The average molecular weight is 245 g/mol. The van der Waals surface area contributed by atoms with Gasteiger partial charge in [-0.25, -0.2) is 9.48 Å². The highest BCUT2D eigenvalue weighted by Gasteiger charge is 2.16. The van der Waals surface area contributed by atoms with Crippen LogP contribution in [0.25, 0.3) is 5.69 Å². The number of carbonyl (C=O) groups is 1. The standard InChI is InChI=1S/C13H15N3O2/c1-3-18-13(17)10-5-4-6-11(14)12(10)16-8-9(2)7-15-16/h4-8H,3,14H2,1-2H3. The van der Waals surface area contributed by atoms with Crippen molar-refractivity contribution in [1.82, 2.24) is 9.78 Å². The minimum Gasteiger partial charge on any atom is -0.462 e. The Morgan fingerprint density at radius 2 is 2.28 bits per heavy atom. The lowest BCUT2D eigenvalue weighted by Crippen LogP contribution is -2.12. The van der Waals surface area contributed by atoms with Crippen LogP contribution in [0.1, 0.15) is 22.8 Å². The zero-order chi connectivity index (χ0) is 13.1. The molecule has 18 heavy (non-hydrogen) atoms. The molecule has 0 saturated heterocycles. The van der Waals surface area contributed by atoms with Crippen molar-refractivity contribution in [3.05, 3.63) is 41.7 Å². The molecule has 0 unspecified atom stereocenters. The largest absolute Gasteiger partial charge is 0.462 e. The Kier molecular flexibility index (Phi) is 3.32. The predicted octanol–water partition coefficient (Wildman–Crippen LogP) is 1.94. The molecule has 94 valence electrons. The highest BCUT2D eigenvalue weighted by atomic mass is 16.5. The third-order valence-electron chi connectivity index (χ3n) is 2.50. The molecule has 0 saturated carbocycles. The quantitative estimate of drug-likeness (QED) is 0.662. The maximum absolute atomic E-state index is 11.9. The predicted molar refractivity (Wildman–Crippen MR) is 68.7 cm³/mol. The first kappa shape index (κ1) is 12.2. The lowest BCUT2D eigenvalue weighted by molar-refractivity contribution is 0.0526. The summed E-state index contributed by atoms with van der Waals surface area (Å²) in [6.45, 7) is 4.01. The van der Waals surface area contributed by atoms with E-state index in [-0.39, 0.29) is 0 Å². The van der Waals surface area contributed by atoms with Crippen LogP contribution in [0, 0.1) is 6.92 Å². The second-order valence-corrected chi connectivity index (χ2v) is 3.93. The molecule has 2 rings (SSSR count). The van der Waals surface area contributed by atoms with Gasteiger partial charge in [0, 0.05) is 6.20 Å². The number of nitrogens with zero attached hydrogens (tertiary/aromatic N) is 2. The van der Waals surface area contributed by atoms with Crippen LogP contribution < -0.4 is 5.73 Å². The number of hydrogen-bond acceptors (Lipinski definition) is 4. The number of para-hydroxylation sites is 1. The Labute approximate surface area is 105 Å². The van der Waals surface area contributed by atoms with Gasteiger partial charge in [-0.15, -0.1) is 0 Å². The SMILES string of the molecule is CCOC(=O)c1cccc(N)c1-n1cc(C)cn1. The molecular weight excluding hydrogens is 230 g/mol. The molecule has 0 radical (unpaired) electrons. The molecule has 0 atom stereocenters. The molecule has 0 spiro atoms. The van der Waals surface area contributed by atoms with Gasteiger partial charge in [0.05, 0.1) is 24.1 Å². The fraction of sp³-hybridized carbons (Fsp3) is 0.231. The van der Waals surface area contributed by atoms with Crippen molar-refractivity contribution in [1.29, 1.82) is 0 Å². The molecule has 0 fully saturated rings. The first-order valence-corrected chi connectivity index (χ1v) is 5.70. The van der Waals surface area contributed by atoms with Gasteiger partial charge in [-0.3, -0.25) is 0 Å². The summed E-state index contributed by atoms with van der Waals surface area (Å²) >= 11 is 0. The van der Waals surface area contributed by atoms with Gasteiger partial charge in [0.1, 0.15) is 5.69 Å². The number of aromatic nitrogens is 2. The summed E-state index contributed by atoms with van der Waals surface area (Å²) in [7, 11) is 0. The van der Waals surface area contributed by atoms with Gasteiger partial charge >= 0.3 is 5.97 Å². The summed E-state index contributed by atoms with van der Waals surface area (Å²) in [6, 6.07) is 5.14. The number of esters is 1. The third kappa shape index (κ3) is 2.20. The van der Waals surface area contributed by atoms with Gasteiger partial charge in [0.25, 0.3) is 0 Å². The van der Waals surface area contributed by atoms with Crippen LogP contribution in [0.3, 0.4) is 0 Å². The Morgan fingerprint density at radius 1 is 1.50 bits per heavy atom. The van der Waals surface area contributed by atoms with E-state index in [9.17, 15) is 4.79 Å². The summed E-state index contributed by atoms with van der Waals surface area (Å²) in [4.78, 5) is 11.9. The van der Waals surface area contributed by atoms with E-state index in [1.54, 1.807) is 36.0 Å². The number of carbonyl (C=O) groups excluding carboxylic acids is 1. The molecule has 1 heterocycles. The molecule has 0 amide bonds. The van der Waals surface area contributed by atoms with Gasteiger partial charge in [-0.05, 0) is 31.5 Å². The number of aryl methyl sites for hydroxylation is 1. The number of anilines is 1. The topological polar surface area (TPSA) is 70.1 Å². The molecule has 0 aliphatic heterocycles. The molecule has 0 aliphatic rings. The van der Waals surface area contributed by atoms with Crippen LogP contribution >= 0.6 is 0 Å². The molecule has 5 nitrogen and oxygen atoms in total. The van der Waals surface area contributed by atoms with E-state index < -0.39 is 5.97 Å².